The minimum absolute atomic E-state index is 0.241. The Morgan fingerprint density at radius 1 is 1.30 bits per heavy atom. The monoisotopic (exact) mass is 354 g/mol. The number of hydrogen-bond acceptors (Lipinski definition) is 3. The van der Waals surface area contributed by atoms with Crippen LogP contribution < -0.4 is 15.8 Å². The third-order valence-corrected chi connectivity index (χ3v) is 3.89. The number of carbonyl (C=O) groups excluding carboxylic acids is 1. The Kier molecular flexibility index (Phi) is 4.52. The van der Waals surface area contributed by atoms with E-state index in [1.54, 1.807) is 36.4 Å². The predicted molar refractivity (Wildman–Crippen MR) is 84.5 cm³/mol. The van der Waals surface area contributed by atoms with E-state index in [1.165, 1.54) is 7.11 Å². The van der Waals surface area contributed by atoms with E-state index in [0.717, 1.165) is 0 Å². The molecule has 0 unspecified atom stereocenters. The van der Waals surface area contributed by atoms with Gasteiger partial charge in [-0.3, -0.25) is 4.79 Å². The van der Waals surface area contributed by atoms with E-state index in [2.05, 4.69) is 21.2 Å². The van der Waals surface area contributed by atoms with Crippen molar-refractivity contribution >= 4 is 44.8 Å². The zero-order valence-corrected chi connectivity index (χ0v) is 13.0. The van der Waals surface area contributed by atoms with Gasteiger partial charge in [-0.05, 0) is 46.3 Å². The van der Waals surface area contributed by atoms with Gasteiger partial charge < -0.3 is 15.8 Å². The van der Waals surface area contributed by atoms with Gasteiger partial charge in [-0.25, -0.2) is 0 Å². The summed E-state index contributed by atoms with van der Waals surface area (Å²) in [5, 5.41) is 3.32. The molecule has 0 saturated carbocycles. The molecule has 20 heavy (non-hydrogen) atoms. The Morgan fingerprint density at radius 2 is 2.05 bits per heavy atom. The molecule has 2 aromatic rings. The molecule has 0 heterocycles. The van der Waals surface area contributed by atoms with Crippen molar-refractivity contribution in [3.05, 3.63) is 51.5 Å². The highest BCUT2D eigenvalue weighted by atomic mass is 79.9. The number of nitrogen functional groups attached to an aromatic ring is 1. The first-order valence-electron chi connectivity index (χ1n) is 5.71. The van der Waals surface area contributed by atoms with Crippen LogP contribution in [0.15, 0.2) is 40.9 Å². The molecule has 0 bridgehead atoms. The molecule has 3 N–H and O–H groups in total. The molecule has 0 saturated heterocycles. The maximum Gasteiger partial charge on any atom is 0.255 e. The quantitative estimate of drug-likeness (QED) is 0.820. The van der Waals surface area contributed by atoms with Crippen LogP contribution in [-0.2, 0) is 0 Å². The van der Waals surface area contributed by atoms with E-state index in [-0.39, 0.29) is 5.91 Å². The lowest BCUT2D eigenvalue weighted by atomic mass is 10.2. The minimum atomic E-state index is -0.241. The summed E-state index contributed by atoms with van der Waals surface area (Å²) < 4.78 is 5.77. The van der Waals surface area contributed by atoms with E-state index in [4.69, 9.17) is 22.1 Å². The highest BCUT2D eigenvalue weighted by molar-refractivity contribution is 9.10. The molecule has 1 amide bonds. The molecule has 0 fully saturated rings. The Morgan fingerprint density at radius 3 is 2.70 bits per heavy atom. The van der Waals surface area contributed by atoms with Crippen molar-refractivity contribution in [2.24, 2.45) is 0 Å². The number of nitrogens with one attached hydrogen (secondary N) is 1. The molecule has 0 aromatic heterocycles. The lowest BCUT2D eigenvalue weighted by molar-refractivity contribution is 0.102. The van der Waals surface area contributed by atoms with Crippen molar-refractivity contribution in [3.63, 3.8) is 0 Å². The van der Waals surface area contributed by atoms with Gasteiger partial charge in [0.25, 0.3) is 5.91 Å². The number of rotatable bonds is 3. The molecule has 0 spiro atoms. The third kappa shape index (κ3) is 3.23. The van der Waals surface area contributed by atoms with Gasteiger partial charge in [0.1, 0.15) is 5.75 Å². The number of anilines is 2. The molecular formula is C14H12BrClN2O2. The number of benzene rings is 2. The van der Waals surface area contributed by atoms with Crippen LogP contribution in [0.3, 0.4) is 0 Å². The second-order valence-electron chi connectivity index (χ2n) is 4.04. The fourth-order valence-electron chi connectivity index (χ4n) is 1.63. The van der Waals surface area contributed by atoms with Crippen molar-refractivity contribution in [1.29, 1.82) is 0 Å². The summed E-state index contributed by atoms with van der Waals surface area (Å²) in [7, 11) is 1.52. The molecule has 104 valence electrons. The number of carbonyl (C=O) groups is 1. The highest BCUT2D eigenvalue weighted by Crippen LogP contribution is 2.26. The molecule has 0 aliphatic carbocycles. The number of halogens is 2. The average Bonchev–Trinajstić information content (AvgIpc) is 2.43. The molecule has 4 nitrogen and oxygen atoms in total. The van der Waals surface area contributed by atoms with Crippen LogP contribution in [0.4, 0.5) is 11.4 Å². The van der Waals surface area contributed by atoms with E-state index >= 15 is 0 Å². The van der Waals surface area contributed by atoms with E-state index < -0.39 is 0 Å². The fraction of sp³-hybridized carbons (Fsp3) is 0.0714. The minimum Gasteiger partial charge on any atom is -0.495 e. The van der Waals surface area contributed by atoms with Gasteiger partial charge in [-0.15, -0.1) is 0 Å². The highest BCUT2D eigenvalue weighted by Gasteiger charge is 2.09. The van der Waals surface area contributed by atoms with Crippen LogP contribution in [0.5, 0.6) is 5.75 Å². The van der Waals surface area contributed by atoms with E-state index in [1.807, 2.05) is 0 Å². The van der Waals surface area contributed by atoms with Gasteiger partial charge in [0.15, 0.2) is 0 Å². The maximum absolute atomic E-state index is 12.1. The SMILES string of the molecule is COc1cc(NC(=O)c2ccc(Cl)c(Br)c2)ccc1N. The third-order valence-electron chi connectivity index (χ3n) is 2.67. The Labute approximate surface area is 130 Å². The molecule has 6 heteroatoms. The number of amides is 1. The van der Waals surface area contributed by atoms with Gasteiger partial charge in [0.2, 0.25) is 0 Å². The van der Waals surface area contributed by atoms with Gasteiger partial charge in [0, 0.05) is 21.8 Å². The Balaban J connectivity index is 2.21. The Bertz CT molecular complexity index is 662. The van der Waals surface area contributed by atoms with Crippen LogP contribution in [0.1, 0.15) is 10.4 Å². The zero-order chi connectivity index (χ0) is 14.7. The van der Waals surface area contributed by atoms with Crippen LogP contribution in [0, 0.1) is 0 Å². The molecule has 0 aliphatic rings. The Hall–Kier alpha value is -1.72. The van der Waals surface area contributed by atoms with Gasteiger partial charge in [-0.2, -0.15) is 0 Å². The lowest BCUT2D eigenvalue weighted by Gasteiger charge is -2.09. The van der Waals surface area contributed by atoms with Crippen LogP contribution in [0.2, 0.25) is 5.02 Å². The van der Waals surface area contributed by atoms with Crippen LogP contribution in [-0.4, -0.2) is 13.0 Å². The van der Waals surface area contributed by atoms with Crippen molar-refractivity contribution < 1.29 is 9.53 Å². The molecular weight excluding hydrogens is 344 g/mol. The van der Waals surface area contributed by atoms with Crippen molar-refractivity contribution in [2.75, 3.05) is 18.2 Å². The van der Waals surface area contributed by atoms with Crippen molar-refractivity contribution in [1.82, 2.24) is 0 Å². The second-order valence-corrected chi connectivity index (χ2v) is 5.30. The summed E-state index contributed by atoms with van der Waals surface area (Å²) in [4.78, 5) is 12.1. The zero-order valence-electron chi connectivity index (χ0n) is 10.6. The summed E-state index contributed by atoms with van der Waals surface area (Å²) in [5.41, 5.74) is 7.33. The fourth-order valence-corrected chi connectivity index (χ4v) is 2.13. The first-order valence-corrected chi connectivity index (χ1v) is 6.88. The molecule has 0 radical (unpaired) electrons. The summed E-state index contributed by atoms with van der Waals surface area (Å²) in [6.45, 7) is 0. The number of methoxy groups -OCH3 is 1. The number of nitrogens with two attached hydrogens (primary N) is 1. The van der Waals surface area contributed by atoms with Gasteiger partial charge >= 0.3 is 0 Å². The number of hydrogen-bond donors (Lipinski definition) is 2. The average molecular weight is 356 g/mol. The van der Waals surface area contributed by atoms with E-state index in [0.29, 0.717) is 32.2 Å². The predicted octanol–water partition coefficient (Wildman–Crippen LogP) is 3.95. The summed E-state index contributed by atoms with van der Waals surface area (Å²) in [6, 6.07) is 10.0. The smallest absolute Gasteiger partial charge is 0.255 e. The molecule has 0 atom stereocenters. The molecule has 2 rings (SSSR count). The standard InChI is InChI=1S/C14H12BrClN2O2/c1-20-13-7-9(3-5-12(13)17)18-14(19)8-2-4-11(16)10(15)6-8/h2-7H,17H2,1H3,(H,18,19). The lowest BCUT2D eigenvalue weighted by Crippen LogP contribution is -2.12. The summed E-state index contributed by atoms with van der Waals surface area (Å²) in [6.07, 6.45) is 0. The maximum atomic E-state index is 12.1. The van der Waals surface area contributed by atoms with Gasteiger partial charge in [-0.1, -0.05) is 11.6 Å². The molecule has 0 aliphatic heterocycles. The van der Waals surface area contributed by atoms with Crippen molar-refractivity contribution in [3.8, 4) is 5.75 Å². The normalized spacial score (nSPS) is 10.2. The second kappa shape index (κ2) is 6.15. The van der Waals surface area contributed by atoms with Crippen LogP contribution >= 0.6 is 27.5 Å². The largest absolute Gasteiger partial charge is 0.495 e. The van der Waals surface area contributed by atoms with Crippen molar-refractivity contribution in [2.45, 2.75) is 0 Å². The van der Waals surface area contributed by atoms with Gasteiger partial charge in [0.05, 0.1) is 17.8 Å². The first kappa shape index (κ1) is 14.7. The topological polar surface area (TPSA) is 64.3 Å². The summed E-state index contributed by atoms with van der Waals surface area (Å²) >= 11 is 9.18. The number of ether oxygens (including phenoxy) is 1. The first-order chi connectivity index (χ1) is 9.51. The summed E-state index contributed by atoms with van der Waals surface area (Å²) in [5.74, 6) is 0.272. The van der Waals surface area contributed by atoms with E-state index in [9.17, 15) is 4.79 Å². The molecule has 2 aromatic carbocycles. The van der Waals surface area contributed by atoms with Crippen LogP contribution in [0.25, 0.3) is 0 Å².